The van der Waals surface area contributed by atoms with E-state index in [0.717, 1.165) is 13.0 Å². The van der Waals surface area contributed by atoms with Crippen molar-refractivity contribution in [1.82, 2.24) is 0 Å². The zero-order valence-corrected chi connectivity index (χ0v) is 7.21. The Kier molecular flexibility index (Phi) is 5.56. The molecule has 0 aliphatic heterocycles. The molecule has 0 heterocycles. The largest absolute Gasteiger partial charge is 0.377 e. The Balaban J connectivity index is 3.36. The van der Waals surface area contributed by atoms with Crippen LogP contribution in [0.2, 0.25) is 0 Å². The molecule has 4 heteroatoms. The van der Waals surface area contributed by atoms with E-state index >= 15 is 0 Å². The number of nitrogens with zero attached hydrogens (tertiary/aromatic N) is 1. The Hall–Kier alpha value is -0.770. The summed E-state index contributed by atoms with van der Waals surface area (Å²) in [6.07, 6.45) is 1.13. The van der Waals surface area contributed by atoms with Crippen LogP contribution in [0.25, 0.3) is 0 Å². The predicted molar refractivity (Wildman–Crippen MR) is 46.4 cm³/mol. The molecule has 0 aromatic rings. The zero-order valence-electron chi connectivity index (χ0n) is 7.21. The molecule has 0 radical (unpaired) electrons. The molecule has 0 amide bonds. The Labute approximate surface area is 67.6 Å². The molecule has 0 aromatic carbocycles. The van der Waals surface area contributed by atoms with Gasteiger partial charge in [-0.1, -0.05) is 6.92 Å². The van der Waals surface area contributed by atoms with Gasteiger partial charge < -0.3 is 16.2 Å². The van der Waals surface area contributed by atoms with E-state index in [9.17, 15) is 0 Å². The van der Waals surface area contributed by atoms with Crippen molar-refractivity contribution in [3.05, 3.63) is 0 Å². The predicted octanol–water partition coefficient (Wildman–Crippen LogP) is 0.0749. The number of hydrogen-bond acceptors (Lipinski definition) is 2. The number of guanidine groups is 1. The second kappa shape index (κ2) is 5.97. The second-order valence-electron chi connectivity index (χ2n) is 2.45. The highest BCUT2D eigenvalue weighted by atomic mass is 16.5. The smallest absolute Gasteiger partial charge is 0.185 e. The van der Waals surface area contributed by atoms with Gasteiger partial charge in [0.25, 0.3) is 0 Å². The fourth-order valence-corrected chi connectivity index (χ4v) is 0.606. The molecule has 11 heavy (non-hydrogen) atoms. The standard InChI is InChI=1S/C7H17N3O/c1-3-4-11-6(2)5-10-7(8)9/h6H,3-5H2,1-2H3,(H4,8,9,10). The average molecular weight is 159 g/mol. The van der Waals surface area contributed by atoms with Gasteiger partial charge in [-0.2, -0.15) is 0 Å². The van der Waals surface area contributed by atoms with E-state index in [1.165, 1.54) is 0 Å². The van der Waals surface area contributed by atoms with Crippen LogP contribution in [-0.4, -0.2) is 25.2 Å². The molecule has 0 aliphatic rings. The lowest BCUT2D eigenvalue weighted by Gasteiger charge is -2.08. The number of aliphatic imine (C=N–C) groups is 1. The molecule has 0 spiro atoms. The summed E-state index contributed by atoms with van der Waals surface area (Å²) in [5, 5.41) is 0. The number of rotatable bonds is 5. The van der Waals surface area contributed by atoms with Gasteiger partial charge >= 0.3 is 0 Å². The zero-order chi connectivity index (χ0) is 8.69. The van der Waals surface area contributed by atoms with Crippen molar-refractivity contribution in [1.29, 1.82) is 0 Å². The van der Waals surface area contributed by atoms with E-state index in [4.69, 9.17) is 16.2 Å². The Morgan fingerprint density at radius 1 is 1.55 bits per heavy atom. The first-order valence-corrected chi connectivity index (χ1v) is 3.83. The van der Waals surface area contributed by atoms with Crippen LogP contribution in [0, 0.1) is 0 Å². The summed E-state index contributed by atoms with van der Waals surface area (Å²) in [5.74, 6) is 0.122. The quantitative estimate of drug-likeness (QED) is 0.440. The Morgan fingerprint density at radius 2 is 2.18 bits per heavy atom. The lowest BCUT2D eigenvalue weighted by atomic mass is 10.4. The molecule has 0 saturated carbocycles. The molecule has 4 N–H and O–H groups in total. The molecule has 0 aromatic heterocycles. The molecule has 1 unspecified atom stereocenters. The molecule has 0 fully saturated rings. The van der Waals surface area contributed by atoms with Crippen LogP contribution in [-0.2, 0) is 4.74 Å². The maximum atomic E-state index is 5.32. The summed E-state index contributed by atoms with van der Waals surface area (Å²) in [6.45, 7) is 5.32. The Bertz CT molecular complexity index is 121. The molecule has 4 nitrogen and oxygen atoms in total. The van der Waals surface area contributed by atoms with Gasteiger partial charge in [-0.25, -0.2) is 0 Å². The van der Waals surface area contributed by atoms with E-state index < -0.39 is 0 Å². The van der Waals surface area contributed by atoms with E-state index in [-0.39, 0.29) is 12.1 Å². The summed E-state index contributed by atoms with van der Waals surface area (Å²) in [6, 6.07) is 0. The molecule has 0 bridgehead atoms. The molecule has 0 aliphatic carbocycles. The molecule has 0 saturated heterocycles. The van der Waals surface area contributed by atoms with Crippen molar-refractivity contribution in [2.24, 2.45) is 16.5 Å². The fourth-order valence-electron chi connectivity index (χ4n) is 0.606. The van der Waals surface area contributed by atoms with Crippen molar-refractivity contribution in [2.75, 3.05) is 13.2 Å². The first-order chi connectivity index (χ1) is 5.16. The Morgan fingerprint density at radius 3 is 2.64 bits per heavy atom. The van der Waals surface area contributed by atoms with Gasteiger partial charge in [-0.05, 0) is 13.3 Å². The van der Waals surface area contributed by atoms with E-state index in [2.05, 4.69) is 11.9 Å². The van der Waals surface area contributed by atoms with Gasteiger partial charge in [0.2, 0.25) is 0 Å². The molecular formula is C7H17N3O. The van der Waals surface area contributed by atoms with Crippen LogP contribution in [0.15, 0.2) is 4.99 Å². The molecular weight excluding hydrogens is 142 g/mol. The first-order valence-electron chi connectivity index (χ1n) is 3.83. The van der Waals surface area contributed by atoms with Gasteiger partial charge in [0, 0.05) is 6.61 Å². The highest BCUT2D eigenvalue weighted by Gasteiger charge is 1.98. The highest BCUT2D eigenvalue weighted by Crippen LogP contribution is 1.92. The van der Waals surface area contributed by atoms with Crippen molar-refractivity contribution < 1.29 is 4.74 Å². The highest BCUT2D eigenvalue weighted by molar-refractivity contribution is 5.75. The van der Waals surface area contributed by atoms with Crippen LogP contribution < -0.4 is 11.5 Å². The topological polar surface area (TPSA) is 73.6 Å². The summed E-state index contributed by atoms with van der Waals surface area (Å²) in [4.78, 5) is 3.82. The fraction of sp³-hybridized carbons (Fsp3) is 0.857. The van der Waals surface area contributed by atoms with Crippen molar-refractivity contribution in [3.63, 3.8) is 0 Å². The average Bonchev–Trinajstić information content (AvgIpc) is 1.97. The molecule has 1 atom stereocenters. The van der Waals surface area contributed by atoms with Crippen molar-refractivity contribution in [3.8, 4) is 0 Å². The van der Waals surface area contributed by atoms with Crippen molar-refractivity contribution in [2.45, 2.75) is 26.4 Å². The minimum atomic E-state index is 0.108. The normalized spacial score (nSPS) is 12.5. The van der Waals surface area contributed by atoms with E-state index in [1.807, 2.05) is 6.92 Å². The summed E-state index contributed by atoms with van der Waals surface area (Å²) in [5.41, 5.74) is 10.3. The van der Waals surface area contributed by atoms with Crippen molar-refractivity contribution >= 4 is 5.96 Å². The third kappa shape index (κ3) is 7.12. The number of ether oxygens (including phenoxy) is 1. The summed E-state index contributed by atoms with van der Waals surface area (Å²) >= 11 is 0. The van der Waals surface area contributed by atoms with Gasteiger partial charge in [-0.15, -0.1) is 0 Å². The number of nitrogens with two attached hydrogens (primary N) is 2. The minimum Gasteiger partial charge on any atom is -0.377 e. The maximum absolute atomic E-state index is 5.32. The number of hydrogen-bond donors (Lipinski definition) is 2. The van der Waals surface area contributed by atoms with Crippen LogP contribution in [0.4, 0.5) is 0 Å². The maximum Gasteiger partial charge on any atom is 0.185 e. The minimum absolute atomic E-state index is 0.108. The third-order valence-electron chi connectivity index (χ3n) is 1.14. The van der Waals surface area contributed by atoms with Crippen LogP contribution in [0.3, 0.4) is 0 Å². The van der Waals surface area contributed by atoms with E-state index in [1.54, 1.807) is 0 Å². The van der Waals surface area contributed by atoms with E-state index in [0.29, 0.717) is 6.54 Å². The SMILES string of the molecule is CCCOC(C)CN=C(N)N. The van der Waals surface area contributed by atoms with Crippen LogP contribution >= 0.6 is 0 Å². The van der Waals surface area contributed by atoms with Gasteiger partial charge in [-0.3, -0.25) is 4.99 Å². The molecule has 0 rings (SSSR count). The van der Waals surface area contributed by atoms with Gasteiger partial charge in [0.05, 0.1) is 12.6 Å². The lowest BCUT2D eigenvalue weighted by molar-refractivity contribution is 0.0728. The van der Waals surface area contributed by atoms with Gasteiger partial charge in [0.15, 0.2) is 5.96 Å². The summed E-state index contributed by atoms with van der Waals surface area (Å²) in [7, 11) is 0. The third-order valence-corrected chi connectivity index (χ3v) is 1.14. The van der Waals surface area contributed by atoms with Crippen LogP contribution in [0.1, 0.15) is 20.3 Å². The monoisotopic (exact) mass is 159 g/mol. The first kappa shape index (κ1) is 10.2. The summed E-state index contributed by atoms with van der Waals surface area (Å²) < 4.78 is 5.32. The van der Waals surface area contributed by atoms with Crippen LogP contribution in [0.5, 0.6) is 0 Å². The van der Waals surface area contributed by atoms with Gasteiger partial charge in [0.1, 0.15) is 0 Å². The molecule has 66 valence electrons. The second-order valence-corrected chi connectivity index (χ2v) is 2.45. The lowest BCUT2D eigenvalue weighted by Crippen LogP contribution is -2.25.